The molecule has 0 saturated heterocycles. The molecule has 68 valence electrons. The van der Waals surface area contributed by atoms with Crippen LogP contribution in [0.25, 0.3) is 0 Å². The molecule has 0 spiro atoms. The van der Waals surface area contributed by atoms with E-state index in [1.165, 1.54) is 0 Å². The quantitative estimate of drug-likeness (QED) is 0.616. The maximum atomic E-state index is 11.6. The van der Waals surface area contributed by atoms with Gasteiger partial charge in [-0.05, 0) is 19.5 Å². The van der Waals surface area contributed by atoms with E-state index in [2.05, 4.69) is 5.32 Å². The van der Waals surface area contributed by atoms with Crippen LogP contribution in [0.2, 0.25) is 0 Å². The van der Waals surface area contributed by atoms with Gasteiger partial charge in [0.15, 0.2) is 6.10 Å². The molecule has 0 saturated carbocycles. The van der Waals surface area contributed by atoms with Gasteiger partial charge in [-0.25, -0.2) is 0 Å². The third-order valence-corrected chi connectivity index (χ3v) is 1.22. The highest BCUT2D eigenvalue weighted by Gasteiger charge is 2.37. The fourth-order valence-electron chi connectivity index (χ4n) is 0.579. The molecular weight excluding hydrogens is 159 g/mol. The molecule has 1 atom stereocenters. The fourth-order valence-corrected chi connectivity index (χ4v) is 0.579. The van der Waals surface area contributed by atoms with E-state index >= 15 is 0 Å². The molecule has 0 aliphatic rings. The molecule has 2 N–H and O–H groups in total. The van der Waals surface area contributed by atoms with E-state index in [0.29, 0.717) is 6.54 Å². The van der Waals surface area contributed by atoms with Crippen molar-refractivity contribution in [3.05, 3.63) is 0 Å². The number of halogens is 3. The lowest BCUT2D eigenvalue weighted by Crippen LogP contribution is -2.32. The Morgan fingerprint density at radius 1 is 1.45 bits per heavy atom. The lowest BCUT2D eigenvalue weighted by Gasteiger charge is -2.13. The van der Waals surface area contributed by atoms with Crippen LogP contribution in [0.4, 0.5) is 13.2 Å². The van der Waals surface area contributed by atoms with Gasteiger partial charge in [0.1, 0.15) is 0 Å². The van der Waals surface area contributed by atoms with Crippen LogP contribution < -0.4 is 5.32 Å². The maximum Gasteiger partial charge on any atom is 0.414 e. The van der Waals surface area contributed by atoms with Crippen LogP contribution >= 0.6 is 0 Å². The predicted molar refractivity (Wildman–Crippen MR) is 35.2 cm³/mol. The molecule has 2 nitrogen and oxygen atoms in total. The second-order valence-electron chi connectivity index (χ2n) is 2.20. The molecule has 5 heteroatoms. The smallest absolute Gasteiger partial charge is 0.384 e. The topological polar surface area (TPSA) is 32.3 Å². The molecule has 0 aromatic rings. The Bertz CT molecular complexity index is 104. The molecule has 0 aliphatic carbocycles. The number of alkyl halides is 3. The average Bonchev–Trinajstić information content (AvgIpc) is 1.86. The minimum absolute atomic E-state index is 0.192. The normalized spacial score (nSPS) is 15.0. The molecule has 1 unspecified atom stereocenters. The predicted octanol–water partition coefficient (Wildman–Crippen LogP) is 0.909. The largest absolute Gasteiger partial charge is 0.414 e. The van der Waals surface area contributed by atoms with Crippen molar-refractivity contribution < 1.29 is 18.3 Å². The molecule has 0 heterocycles. The lowest BCUT2D eigenvalue weighted by molar-refractivity contribution is -0.204. The molecular formula is C6H12F3NO. The van der Waals surface area contributed by atoms with E-state index in [0.717, 1.165) is 0 Å². The van der Waals surface area contributed by atoms with Crippen molar-refractivity contribution in [1.82, 2.24) is 5.32 Å². The lowest BCUT2D eigenvalue weighted by atomic mass is 10.2. The van der Waals surface area contributed by atoms with Crippen LogP contribution in [0.3, 0.4) is 0 Å². The van der Waals surface area contributed by atoms with Crippen LogP contribution in [0.5, 0.6) is 0 Å². The summed E-state index contributed by atoms with van der Waals surface area (Å²) < 4.78 is 34.8. The zero-order chi connectivity index (χ0) is 8.91. The van der Waals surface area contributed by atoms with Crippen LogP contribution in [-0.4, -0.2) is 30.5 Å². The van der Waals surface area contributed by atoms with Crippen molar-refractivity contribution in [2.75, 3.05) is 13.1 Å². The molecule has 0 rings (SSSR count). The molecule has 0 bridgehead atoms. The van der Waals surface area contributed by atoms with Gasteiger partial charge in [0.05, 0.1) is 0 Å². The first-order chi connectivity index (χ1) is 4.98. The molecule has 0 amide bonds. The number of nitrogens with one attached hydrogen (secondary N) is 1. The van der Waals surface area contributed by atoms with Crippen molar-refractivity contribution >= 4 is 0 Å². The van der Waals surface area contributed by atoms with Gasteiger partial charge < -0.3 is 10.4 Å². The standard InChI is InChI=1S/C6H12F3NO/c1-2-10-4-3-5(11)6(7,8)9/h5,10-11H,2-4H2,1H3. The monoisotopic (exact) mass is 171 g/mol. The second-order valence-corrected chi connectivity index (χ2v) is 2.20. The fraction of sp³-hybridized carbons (Fsp3) is 1.00. The van der Waals surface area contributed by atoms with Crippen LogP contribution in [0, 0.1) is 0 Å². The van der Waals surface area contributed by atoms with Crippen LogP contribution in [0.1, 0.15) is 13.3 Å². The van der Waals surface area contributed by atoms with Gasteiger partial charge >= 0.3 is 6.18 Å². The summed E-state index contributed by atoms with van der Waals surface area (Å²) in [7, 11) is 0. The Balaban J connectivity index is 3.44. The van der Waals surface area contributed by atoms with Crippen molar-refractivity contribution in [2.45, 2.75) is 25.6 Å². The van der Waals surface area contributed by atoms with Crippen LogP contribution in [-0.2, 0) is 0 Å². The Hall–Kier alpha value is -0.290. The summed E-state index contributed by atoms with van der Waals surface area (Å²) in [6.07, 6.45) is -6.95. The average molecular weight is 171 g/mol. The minimum Gasteiger partial charge on any atom is -0.384 e. The number of aliphatic hydroxyl groups is 1. The SMILES string of the molecule is CCNCCC(O)C(F)(F)F. The molecule has 11 heavy (non-hydrogen) atoms. The van der Waals surface area contributed by atoms with E-state index < -0.39 is 12.3 Å². The summed E-state index contributed by atoms with van der Waals surface area (Å²) in [6.45, 7) is 2.60. The Morgan fingerprint density at radius 3 is 2.36 bits per heavy atom. The van der Waals surface area contributed by atoms with Gasteiger partial charge in [0, 0.05) is 0 Å². The van der Waals surface area contributed by atoms with Crippen molar-refractivity contribution in [1.29, 1.82) is 0 Å². The number of rotatable bonds is 4. The number of aliphatic hydroxyl groups excluding tert-OH is 1. The molecule has 0 aromatic heterocycles. The highest BCUT2D eigenvalue weighted by molar-refractivity contribution is 4.65. The van der Waals surface area contributed by atoms with Crippen molar-refractivity contribution in [3.63, 3.8) is 0 Å². The van der Waals surface area contributed by atoms with Gasteiger partial charge in [-0.1, -0.05) is 6.92 Å². The third-order valence-electron chi connectivity index (χ3n) is 1.22. The zero-order valence-electron chi connectivity index (χ0n) is 6.28. The van der Waals surface area contributed by atoms with E-state index in [-0.39, 0.29) is 13.0 Å². The Kier molecular flexibility index (Phi) is 4.44. The minimum atomic E-state index is -4.48. The van der Waals surface area contributed by atoms with E-state index in [1.54, 1.807) is 6.92 Å². The van der Waals surface area contributed by atoms with Gasteiger partial charge in [-0.2, -0.15) is 13.2 Å². The van der Waals surface area contributed by atoms with Gasteiger partial charge in [0.2, 0.25) is 0 Å². The van der Waals surface area contributed by atoms with Gasteiger partial charge in [0.25, 0.3) is 0 Å². The van der Waals surface area contributed by atoms with Crippen molar-refractivity contribution in [2.24, 2.45) is 0 Å². The second kappa shape index (κ2) is 4.56. The van der Waals surface area contributed by atoms with E-state index in [9.17, 15) is 13.2 Å². The number of hydrogen-bond donors (Lipinski definition) is 2. The summed E-state index contributed by atoms with van der Waals surface area (Å²) in [6, 6.07) is 0. The van der Waals surface area contributed by atoms with Gasteiger partial charge in [-0.3, -0.25) is 0 Å². The van der Waals surface area contributed by atoms with E-state index in [4.69, 9.17) is 5.11 Å². The molecule has 0 fully saturated rings. The Morgan fingerprint density at radius 2 is 2.00 bits per heavy atom. The zero-order valence-corrected chi connectivity index (χ0v) is 6.28. The highest BCUT2D eigenvalue weighted by atomic mass is 19.4. The van der Waals surface area contributed by atoms with Crippen LogP contribution in [0.15, 0.2) is 0 Å². The molecule has 0 radical (unpaired) electrons. The first kappa shape index (κ1) is 10.7. The molecule has 0 aromatic carbocycles. The first-order valence-corrected chi connectivity index (χ1v) is 3.44. The summed E-state index contributed by atoms with van der Waals surface area (Å²) in [5.74, 6) is 0. The summed E-state index contributed by atoms with van der Waals surface area (Å²) in [5.41, 5.74) is 0. The molecule has 0 aliphatic heterocycles. The highest BCUT2D eigenvalue weighted by Crippen LogP contribution is 2.21. The summed E-state index contributed by atoms with van der Waals surface area (Å²) in [5, 5.41) is 11.1. The first-order valence-electron chi connectivity index (χ1n) is 3.44. The third kappa shape index (κ3) is 5.03. The summed E-state index contributed by atoms with van der Waals surface area (Å²) >= 11 is 0. The maximum absolute atomic E-state index is 11.6. The van der Waals surface area contributed by atoms with E-state index in [1.807, 2.05) is 0 Å². The van der Waals surface area contributed by atoms with Gasteiger partial charge in [-0.15, -0.1) is 0 Å². The number of hydrogen-bond acceptors (Lipinski definition) is 2. The summed E-state index contributed by atoms with van der Waals surface area (Å²) in [4.78, 5) is 0. The Labute approximate surface area is 63.4 Å². The van der Waals surface area contributed by atoms with Crippen molar-refractivity contribution in [3.8, 4) is 0 Å².